The first-order chi connectivity index (χ1) is 17.2. The maximum atomic E-state index is 13.6. The van der Waals surface area contributed by atoms with E-state index < -0.39 is 0 Å². The monoisotopic (exact) mass is 501 g/mol. The molecule has 1 N–H and O–H groups in total. The second-order valence-electron chi connectivity index (χ2n) is 9.80. The molecule has 2 saturated heterocycles. The number of hydrogen-bond donors (Lipinski definition) is 1. The van der Waals surface area contributed by atoms with Crippen LogP contribution in [-0.4, -0.2) is 72.6 Å². The van der Waals surface area contributed by atoms with E-state index >= 15 is 0 Å². The predicted molar refractivity (Wildman–Crippen MR) is 137 cm³/mol. The van der Waals surface area contributed by atoms with E-state index in [-0.39, 0.29) is 11.9 Å². The molecule has 1 aliphatic carbocycles. The first-order valence-corrected chi connectivity index (χ1v) is 13.7. The van der Waals surface area contributed by atoms with Crippen LogP contribution in [0.3, 0.4) is 0 Å². The number of nitrogens with zero attached hydrogens (tertiary/aromatic N) is 4. The third kappa shape index (κ3) is 6.92. The SMILES string of the molecule is Fc1cccc([C@H]2CC[C@@H](OC[C@@H]3CN(c4cccnn4)CCC3NSN3CCOCC3)CC2)c1. The summed E-state index contributed by atoms with van der Waals surface area (Å²) in [6.45, 7) is 6.08. The van der Waals surface area contributed by atoms with Crippen molar-refractivity contribution in [2.24, 2.45) is 5.92 Å². The number of anilines is 1. The Bertz CT molecular complexity index is 912. The summed E-state index contributed by atoms with van der Waals surface area (Å²) in [5, 5.41) is 8.41. The highest BCUT2D eigenvalue weighted by Crippen LogP contribution is 2.35. The fraction of sp³-hybridized carbons (Fsp3) is 0.615. The van der Waals surface area contributed by atoms with Crippen molar-refractivity contribution in [1.29, 1.82) is 0 Å². The Morgan fingerprint density at radius 2 is 1.91 bits per heavy atom. The number of rotatable bonds is 8. The van der Waals surface area contributed by atoms with Crippen LogP contribution in [0.5, 0.6) is 0 Å². The van der Waals surface area contributed by atoms with Gasteiger partial charge in [-0.05, 0) is 67.9 Å². The molecule has 5 rings (SSSR count). The summed E-state index contributed by atoms with van der Waals surface area (Å²) in [5.74, 6) is 1.60. The van der Waals surface area contributed by atoms with E-state index in [0.29, 0.717) is 17.9 Å². The van der Waals surface area contributed by atoms with Gasteiger partial charge in [-0.1, -0.05) is 12.1 Å². The molecule has 1 saturated carbocycles. The average molecular weight is 502 g/mol. The van der Waals surface area contributed by atoms with Gasteiger partial charge in [0.05, 0.1) is 25.9 Å². The van der Waals surface area contributed by atoms with Gasteiger partial charge in [0.15, 0.2) is 5.82 Å². The van der Waals surface area contributed by atoms with Gasteiger partial charge < -0.3 is 14.4 Å². The molecule has 3 heterocycles. The Morgan fingerprint density at radius 3 is 2.69 bits per heavy atom. The number of ether oxygens (including phenoxy) is 2. The van der Waals surface area contributed by atoms with Crippen molar-refractivity contribution in [3.8, 4) is 0 Å². The molecule has 0 spiro atoms. The average Bonchev–Trinajstić information content (AvgIpc) is 2.92. The third-order valence-electron chi connectivity index (χ3n) is 7.46. The van der Waals surface area contributed by atoms with Gasteiger partial charge in [0.2, 0.25) is 0 Å². The zero-order chi connectivity index (χ0) is 23.9. The lowest BCUT2D eigenvalue weighted by atomic mass is 9.82. The van der Waals surface area contributed by atoms with Gasteiger partial charge >= 0.3 is 0 Å². The lowest BCUT2D eigenvalue weighted by molar-refractivity contribution is -0.00212. The van der Waals surface area contributed by atoms with E-state index in [1.54, 1.807) is 24.4 Å². The Labute approximate surface area is 212 Å². The highest BCUT2D eigenvalue weighted by atomic mass is 32.2. The highest BCUT2D eigenvalue weighted by molar-refractivity contribution is 7.95. The molecule has 190 valence electrons. The molecule has 2 aliphatic heterocycles. The normalized spacial score (nSPS) is 28.2. The number of morpholine rings is 1. The van der Waals surface area contributed by atoms with Crippen molar-refractivity contribution >= 4 is 18.0 Å². The minimum absolute atomic E-state index is 0.140. The number of hydrogen-bond acceptors (Lipinski definition) is 8. The number of halogens is 1. The number of aromatic nitrogens is 2. The van der Waals surface area contributed by atoms with E-state index in [0.717, 1.165) is 89.5 Å². The van der Waals surface area contributed by atoms with Crippen molar-refractivity contribution in [1.82, 2.24) is 19.2 Å². The maximum absolute atomic E-state index is 13.6. The van der Waals surface area contributed by atoms with Crippen LogP contribution < -0.4 is 9.62 Å². The number of piperidine rings is 1. The topological polar surface area (TPSA) is 62.8 Å². The molecule has 3 fully saturated rings. The third-order valence-corrected chi connectivity index (χ3v) is 8.49. The van der Waals surface area contributed by atoms with Gasteiger partial charge in [0.1, 0.15) is 5.82 Å². The number of nitrogens with one attached hydrogen (secondary N) is 1. The summed E-state index contributed by atoms with van der Waals surface area (Å²) in [4.78, 5) is 2.33. The van der Waals surface area contributed by atoms with Crippen LogP contribution in [0.1, 0.15) is 43.6 Å². The number of benzene rings is 1. The molecular weight excluding hydrogens is 465 g/mol. The molecule has 35 heavy (non-hydrogen) atoms. The largest absolute Gasteiger partial charge is 0.379 e. The van der Waals surface area contributed by atoms with E-state index in [2.05, 4.69) is 30.2 Å². The smallest absolute Gasteiger partial charge is 0.151 e. The van der Waals surface area contributed by atoms with Crippen LogP contribution >= 0.6 is 12.1 Å². The quantitative estimate of drug-likeness (QED) is 0.544. The second-order valence-corrected chi connectivity index (χ2v) is 10.7. The molecule has 0 bridgehead atoms. The van der Waals surface area contributed by atoms with Gasteiger partial charge in [-0.25, -0.2) is 13.4 Å². The molecule has 9 heteroatoms. The van der Waals surface area contributed by atoms with E-state index in [1.807, 2.05) is 18.2 Å². The molecule has 1 unspecified atom stereocenters. The molecule has 2 atom stereocenters. The van der Waals surface area contributed by atoms with Crippen LogP contribution in [0.4, 0.5) is 10.2 Å². The van der Waals surface area contributed by atoms with Gasteiger partial charge in [-0.15, -0.1) is 5.10 Å². The van der Waals surface area contributed by atoms with Crippen LogP contribution in [-0.2, 0) is 9.47 Å². The van der Waals surface area contributed by atoms with E-state index in [9.17, 15) is 4.39 Å². The van der Waals surface area contributed by atoms with E-state index in [4.69, 9.17) is 9.47 Å². The van der Waals surface area contributed by atoms with Crippen molar-refractivity contribution in [3.63, 3.8) is 0 Å². The Balaban J connectivity index is 1.15. The summed E-state index contributed by atoms with van der Waals surface area (Å²) in [6.07, 6.45) is 7.20. The fourth-order valence-electron chi connectivity index (χ4n) is 5.39. The molecule has 2 aromatic rings. The highest BCUT2D eigenvalue weighted by Gasteiger charge is 2.32. The summed E-state index contributed by atoms with van der Waals surface area (Å²) < 4.78 is 31.7. The van der Waals surface area contributed by atoms with Gasteiger partial charge in [0, 0.05) is 56.5 Å². The second kappa shape index (κ2) is 12.5. The van der Waals surface area contributed by atoms with Crippen LogP contribution in [0.25, 0.3) is 0 Å². The van der Waals surface area contributed by atoms with Gasteiger partial charge in [-0.2, -0.15) is 5.10 Å². The zero-order valence-electron chi connectivity index (χ0n) is 20.2. The summed E-state index contributed by atoms with van der Waals surface area (Å²) in [7, 11) is 0. The maximum Gasteiger partial charge on any atom is 0.151 e. The Morgan fingerprint density at radius 1 is 1.06 bits per heavy atom. The van der Waals surface area contributed by atoms with Crippen molar-refractivity contribution in [2.45, 2.75) is 50.2 Å². The first-order valence-electron chi connectivity index (χ1n) is 12.9. The standard InChI is InChI=1S/C26H36FN5O2S/c27-23-4-1-3-21(17-23)20-6-8-24(9-7-20)34-19-22-18-31(26-5-2-11-28-29-26)12-10-25(22)30-35-32-13-15-33-16-14-32/h1-5,11,17,20,22,24-25,30H,6-10,12-16,18-19H2/t20-,22-,24+,25?/m0/s1. The molecule has 1 aromatic heterocycles. The minimum Gasteiger partial charge on any atom is -0.379 e. The molecule has 1 aromatic carbocycles. The predicted octanol–water partition coefficient (Wildman–Crippen LogP) is 4.04. The Hall–Kier alpha value is -1.78. The summed E-state index contributed by atoms with van der Waals surface area (Å²) in [6, 6.07) is 11.4. The molecule has 0 amide bonds. The van der Waals surface area contributed by atoms with Crippen LogP contribution in [0.2, 0.25) is 0 Å². The molecule has 3 aliphatic rings. The lowest BCUT2D eigenvalue weighted by Gasteiger charge is -2.40. The van der Waals surface area contributed by atoms with Crippen molar-refractivity contribution in [2.75, 3.05) is 50.9 Å². The van der Waals surface area contributed by atoms with Crippen molar-refractivity contribution in [3.05, 3.63) is 54.0 Å². The van der Waals surface area contributed by atoms with Gasteiger partial charge in [-0.3, -0.25) is 0 Å². The summed E-state index contributed by atoms with van der Waals surface area (Å²) >= 11 is 1.74. The Kier molecular flexibility index (Phi) is 8.86. The molecule has 7 nitrogen and oxygen atoms in total. The fourth-order valence-corrected chi connectivity index (χ4v) is 6.32. The van der Waals surface area contributed by atoms with Crippen LogP contribution in [0.15, 0.2) is 42.6 Å². The van der Waals surface area contributed by atoms with Gasteiger partial charge in [0.25, 0.3) is 0 Å². The van der Waals surface area contributed by atoms with Crippen molar-refractivity contribution < 1.29 is 13.9 Å². The van der Waals surface area contributed by atoms with Crippen LogP contribution in [0, 0.1) is 11.7 Å². The zero-order valence-corrected chi connectivity index (χ0v) is 21.0. The lowest BCUT2D eigenvalue weighted by Crippen LogP contribution is -2.51. The molecule has 0 radical (unpaired) electrons. The summed E-state index contributed by atoms with van der Waals surface area (Å²) in [5.41, 5.74) is 1.12. The minimum atomic E-state index is -0.140. The van der Waals surface area contributed by atoms with E-state index in [1.165, 1.54) is 6.07 Å². The molecular formula is C26H36FN5O2S. The first kappa shape index (κ1) is 24.9.